The minimum Gasteiger partial charge on any atom is -0.448 e. The zero-order chi connectivity index (χ0) is 14.9. The Hall–Kier alpha value is -1.20. The standard InChI is InChI=1S/C12H5Cl4NO3/c13-6-1-2-11(10(3-6)17(18)19)20-12-5-8(15)7(14)4-9(12)16/h1-5H. The molecule has 0 bridgehead atoms. The molecule has 0 heterocycles. The van der Waals surface area contributed by atoms with Gasteiger partial charge in [0.1, 0.15) is 5.75 Å². The molecule has 104 valence electrons. The largest absolute Gasteiger partial charge is 0.448 e. The molecule has 0 aliphatic heterocycles. The summed E-state index contributed by atoms with van der Waals surface area (Å²) in [6.45, 7) is 0. The highest BCUT2D eigenvalue weighted by molar-refractivity contribution is 6.43. The predicted molar refractivity (Wildman–Crippen MR) is 79.7 cm³/mol. The molecule has 0 aliphatic rings. The van der Waals surface area contributed by atoms with Gasteiger partial charge in [-0.05, 0) is 18.2 Å². The quantitative estimate of drug-likeness (QED) is 0.386. The van der Waals surface area contributed by atoms with Gasteiger partial charge < -0.3 is 4.74 Å². The Kier molecular flexibility index (Phi) is 4.60. The Morgan fingerprint density at radius 2 is 1.55 bits per heavy atom. The number of benzene rings is 2. The molecule has 2 rings (SSSR count). The van der Waals surface area contributed by atoms with Crippen molar-refractivity contribution in [3.8, 4) is 11.5 Å². The number of halogens is 4. The molecular weight excluding hydrogens is 348 g/mol. The summed E-state index contributed by atoms with van der Waals surface area (Å²) in [5, 5.41) is 11.9. The van der Waals surface area contributed by atoms with Gasteiger partial charge in [-0.15, -0.1) is 0 Å². The lowest BCUT2D eigenvalue weighted by atomic mass is 10.3. The van der Waals surface area contributed by atoms with Gasteiger partial charge in [0.2, 0.25) is 5.75 Å². The van der Waals surface area contributed by atoms with Crippen molar-refractivity contribution in [3.05, 3.63) is 60.5 Å². The van der Waals surface area contributed by atoms with Crippen molar-refractivity contribution < 1.29 is 9.66 Å². The SMILES string of the molecule is O=[N+]([O-])c1cc(Cl)ccc1Oc1cc(Cl)c(Cl)cc1Cl. The number of nitro benzene ring substituents is 1. The lowest BCUT2D eigenvalue weighted by Crippen LogP contribution is -1.94. The van der Waals surface area contributed by atoms with E-state index in [0.717, 1.165) is 0 Å². The molecule has 4 nitrogen and oxygen atoms in total. The monoisotopic (exact) mass is 351 g/mol. The molecule has 0 saturated heterocycles. The van der Waals surface area contributed by atoms with Crippen LogP contribution in [-0.2, 0) is 0 Å². The minimum atomic E-state index is -0.605. The highest BCUT2D eigenvalue weighted by atomic mass is 35.5. The van der Waals surface area contributed by atoms with Crippen LogP contribution in [-0.4, -0.2) is 4.92 Å². The molecule has 8 heteroatoms. The van der Waals surface area contributed by atoms with Crippen LogP contribution >= 0.6 is 46.4 Å². The van der Waals surface area contributed by atoms with E-state index in [4.69, 9.17) is 51.1 Å². The Balaban J connectivity index is 2.45. The maximum absolute atomic E-state index is 11.0. The van der Waals surface area contributed by atoms with Crippen molar-refractivity contribution in [1.29, 1.82) is 0 Å². The summed E-state index contributed by atoms with van der Waals surface area (Å²) in [5.74, 6) is 0.158. The summed E-state index contributed by atoms with van der Waals surface area (Å²) in [7, 11) is 0. The molecule has 0 atom stereocenters. The summed E-state index contributed by atoms with van der Waals surface area (Å²) >= 11 is 23.3. The van der Waals surface area contributed by atoms with Crippen molar-refractivity contribution in [2.45, 2.75) is 0 Å². The van der Waals surface area contributed by atoms with E-state index in [0.29, 0.717) is 0 Å². The van der Waals surface area contributed by atoms with Crippen LogP contribution in [0.15, 0.2) is 30.3 Å². The van der Waals surface area contributed by atoms with E-state index in [1.165, 1.54) is 30.3 Å². The minimum absolute atomic E-state index is 0.000288. The van der Waals surface area contributed by atoms with Gasteiger partial charge in [-0.3, -0.25) is 10.1 Å². The van der Waals surface area contributed by atoms with Crippen molar-refractivity contribution in [2.24, 2.45) is 0 Å². The summed E-state index contributed by atoms with van der Waals surface area (Å²) in [6, 6.07) is 6.80. The third-order valence-electron chi connectivity index (χ3n) is 2.31. The number of rotatable bonds is 3. The van der Waals surface area contributed by atoms with Gasteiger partial charge in [0.05, 0.1) is 20.0 Å². The molecule has 0 radical (unpaired) electrons. The maximum atomic E-state index is 11.0. The summed E-state index contributed by atoms with van der Waals surface area (Å²) in [6.07, 6.45) is 0. The molecule has 0 aromatic heterocycles. The van der Waals surface area contributed by atoms with Crippen LogP contribution in [0.3, 0.4) is 0 Å². The third kappa shape index (κ3) is 3.27. The average molecular weight is 353 g/mol. The van der Waals surface area contributed by atoms with Gasteiger partial charge in [0.15, 0.2) is 0 Å². The second kappa shape index (κ2) is 6.06. The van der Waals surface area contributed by atoms with Crippen LogP contribution in [0.2, 0.25) is 20.1 Å². The molecule has 0 spiro atoms. The first kappa shape index (κ1) is 15.2. The van der Waals surface area contributed by atoms with Crippen LogP contribution < -0.4 is 4.74 Å². The van der Waals surface area contributed by atoms with Gasteiger partial charge in [0.25, 0.3) is 0 Å². The summed E-state index contributed by atoms with van der Waals surface area (Å²) in [5.41, 5.74) is -0.278. The molecule has 0 N–H and O–H groups in total. The van der Waals surface area contributed by atoms with Crippen LogP contribution in [0.25, 0.3) is 0 Å². The number of nitro groups is 1. The second-order valence-electron chi connectivity index (χ2n) is 3.67. The number of ether oxygens (including phenoxy) is 1. The van der Waals surface area contributed by atoms with Crippen LogP contribution in [0, 0.1) is 10.1 Å². The van der Waals surface area contributed by atoms with E-state index in [2.05, 4.69) is 0 Å². The lowest BCUT2D eigenvalue weighted by molar-refractivity contribution is -0.385. The summed E-state index contributed by atoms with van der Waals surface area (Å²) < 4.78 is 5.42. The first-order chi connectivity index (χ1) is 9.38. The highest BCUT2D eigenvalue weighted by Crippen LogP contribution is 2.39. The zero-order valence-electron chi connectivity index (χ0n) is 9.57. The van der Waals surface area contributed by atoms with E-state index >= 15 is 0 Å². The first-order valence-electron chi connectivity index (χ1n) is 5.15. The topological polar surface area (TPSA) is 52.4 Å². The molecule has 0 fully saturated rings. The van der Waals surface area contributed by atoms with E-state index < -0.39 is 4.92 Å². The zero-order valence-corrected chi connectivity index (χ0v) is 12.6. The average Bonchev–Trinajstić information content (AvgIpc) is 2.37. The molecular formula is C12H5Cl4NO3. The second-order valence-corrected chi connectivity index (χ2v) is 5.33. The van der Waals surface area contributed by atoms with Gasteiger partial charge >= 0.3 is 5.69 Å². The smallest absolute Gasteiger partial charge is 0.313 e. The Morgan fingerprint density at radius 3 is 2.20 bits per heavy atom. The van der Waals surface area contributed by atoms with Crippen molar-refractivity contribution in [1.82, 2.24) is 0 Å². The molecule has 0 amide bonds. The number of hydrogen-bond donors (Lipinski definition) is 0. The predicted octanol–water partition coefficient (Wildman–Crippen LogP) is 6.00. The summed E-state index contributed by atoms with van der Waals surface area (Å²) in [4.78, 5) is 10.4. The normalized spacial score (nSPS) is 10.4. The van der Waals surface area contributed by atoms with Crippen molar-refractivity contribution >= 4 is 52.1 Å². The van der Waals surface area contributed by atoms with Gasteiger partial charge in [-0.25, -0.2) is 0 Å². The lowest BCUT2D eigenvalue weighted by Gasteiger charge is -2.09. The van der Waals surface area contributed by atoms with E-state index in [-0.39, 0.29) is 37.3 Å². The maximum Gasteiger partial charge on any atom is 0.313 e. The highest BCUT2D eigenvalue weighted by Gasteiger charge is 2.18. The van der Waals surface area contributed by atoms with Gasteiger partial charge in [-0.2, -0.15) is 0 Å². The molecule has 0 unspecified atom stereocenters. The fourth-order valence-corrected chi connectivity index (χ4v) is 2.16. The molecule has 20 heavy (non-hydrogen) atoms. The Bertz CT molecular complexity index is 691. The van der Waals surface area contributed by atoms with Gasteiger partial charge in [0, 0.05) is 17.2 Å². The van der Waals surface area contributed by atoms with Gasteiger partial charge in [-0.1, -0.05) is 46.4 Å². The molecule has 2 aromatic carbocycles. The Morgan fingerprint density at radius 1 is 0.900 bits per heavy atom. The molecule has 2 aromatic rings. The van der Waals surface area contributed by atoms with Crippen LogP contribution in [0.4, 0.5) is 5.69 Å². The first-order valence-corrected chi connectivity index (χ1v) is 6.66. The molecule has 0 saturated carbocycles. The van der Waals surface area contributed by atoms with E-state index in [1.807, 2.05) is 0 Å². The van der Waals surface area contributed by atoms with E-state index in [9.17, 15) is 10.1 Å². The third-order valence-corrected chi connectivity index (χ3v) is 3.57. The number of nitrogens with zero attached hydrogens (tertiary/aromatic N) is 1. The van der Waals surface area contributed by atoms with E-state index in [1.54, 1.807) is 0 Å². The fourth-order valence-electron chi connectivity index (χ4n) is 1.42. The van der Waals surface area contributed by atoms with Crippen LogP contribution in [0.1, 0.15) is 0 Å². The molecule has 0 aliphatic carbocycles. The Labute approximate surface area is 133 Å². The van der Waals surface area contributed by atoms with Crippen molar-refractivity contribution in [3.63, 3.8) is 0 Å². The van der Waals surface area contributed by atoms with Crippen LogP contribution in [0.5, 0.6) is 11.5 Å². The fraction of sp³-hybridized carbons (Fsp3) is 0. The van der Waals surface area contributed by atoms with Crippen molar-refractivity contribution in [2.75, 3.05) is 0 Å². The number of hydrogen-bond acceptors (Lipinski definition) is 3.